The molecule has 0 aliphatic rings. The van der Waals surface area contributed by atoms with Gasteiger partial charge in [-0.3, -0.25) is 0 Å². The van der Waals surface area contributed by atoms with E-state index in [1.807, 2.05) is 0 Å². The van der Waals surface area contributed by atoms with Gasteiger partial charge in [0.05, 0.1) is 10.6 Å². The lowest BCUT2D eigenvalue weighted by atomic mass is 10.2. The average Bonchev–Trinajstić information content (AvgIpc) is 2.21. The number of nitrogens with zero attached hydrogens (tertiary/aromatic N) is 2. The Hall–Kier alpha value is -2.07. The molecule has 0 saturated heterocycles. The first-order valence-electron chi connectivity index (χ1n) is 4.04. The molecule has 0 fully saturated rings. The minimum atomic E-state index is -4.07. The Labute approximate surface area is 91.4 Å². The number of carbonyl (C=O) groups excluding carboxylic acids is 2. The van der Waals surface area contributed by atoms with Crippen LogP contribution in [0, 0.1) is 6.92 Å². The number of aryl methyl sites for hydroxylation is 1. The van der Waals surface area contributed by atoms with Crippen molar-refractivity contribution in [2.45, 2.75) is 11.8 Å². The van der Waals surface area contributed by atoms with E-state index in [1.54, 1.807) is 0 Å². The van der Waals surface area contributed by atoms with E-state index in [0.717, 1.165) is 12.1 Å². The summed E-state index contributed by atoms with van der Waals surface area (Å²) in [7, 11) is -4.07. The highest BCUT2D eigenvalue weighted by Crippen LogP contribution is 2.23. The van der Waals surface area contributed by atoms with Crippen LogP contribution in [0.3, 0.4) is 0 Å². The summed E-state index contributed by atoms with van der Waals surface area (Å²) in [5.74, 6) is 0. The lowest BCUT2D eigenvalue weighted by Gasteiger charge is -2.02. The van der Waals surface area contributed by atoms with Crippen LogP contribution in [0.1, 0.15) is 5.56 Å². The smallest absolute Gasteiger partial charge is 0.211 e. The summed E-state index contributed by atoms with van der Waals surface area (Å²) in [6.45, 7) is 1.53. The van der Waals surface area contributed by atoms with Gasteiger partial charge >= 0.3 is 0 Å². The van der Waals surface area contributed by atoms with Gasteiger partial charge in [0, 0.05) is 0 Å². The van der Waals surface area contributed by atoms with Crippen LogP contribution >= 0.6 is 0 Å². The topological polar surface area (TPSA) is 93.0 Å². The van der Waals surface area contributed by atoms with Crippen LogP contribution in [0.5, 0.6) is 0 Å². The summed E-state index contributed by atoms with van der Waals surface area (Å²) < 4.78 is 25.6. The van der Waals surface area contributed by atoms with Crippen molar-refractivity contribution < 1.29 is 18.0 Å². The zero-order chi connectivity index (χ0) is 12.2. The second-order valence-corrected chi connectivity index (χ2v) is 4.38. The molecule has 1 aromatic carbocycles. The molecule has 0 aliphatic carbocycles. The third-order valence-electron chi connectivity index (χ3n) is 1.78. The van der Waals surface area contributed by atoms with Crippen LogP contribution in [-0.2, 0) is 19.6 Å². The van der Waals surface area contributed by atoms with Crippen LogP contribution < -0.4 is 0 Å². The fourth-order valence-corrected chi connectivity index (χ4v) is 2.03. The highest BCUT2D eigenvalue weighted by Gasteiger charge is 2.16. The third-order valence-corrected chi connectivity index (χ3v) is 3.09. The van der Waals surface area contributed by atoms with Crippen molar-refractivity contribution in [3.05, 3.63) is 23.8 Å². The molecule has 1 aromatic rings. The van der Waals surface area contributed by atoms with E-state index in [1.165, 1.54) is 25.1 Å². The first-order valence-corrected chi connectivity index (χ1v) is 5.48. The molecule has 7 heteroatoms. The minimum absolute atomic E-state index is 0.125. The number of aliphatic imine (C=N–C) groups is 1. The Morgan fingerprint density at radius 1 is 1.19 bits per heavy atom. The second kappa shape index (κ2) is 4.63. The van der Waals surface area contributed by atoms with Crippen LogP contribution in [-0.4, -0.2) is 20.6 Å². The number of rotatable bonds is 3. The molecule has 0 unspecified atom stereocenters. The summed E-state index contributed by atoms with van der Waals surface area (Å²) in [6.07, 6.45) is 2.25. The van der Waals surface area contributed by atoms with Gasteiger partial charge in [0.2, 0.25) is 6.08 Å². The van der Waals surface area contributed by atoms with E-state index >= 15 is 0 Å². The quantitative estimate of drug-likeness (QED) is 0.579. The van der Waals surface area contributed by atoms with Crippen molar-refractivity contribution in [3.8, 4) is 0 Å². The van der Waals surface area contributed by atoms with Crippen molar-refractivity contribution in [3.63, 3.8) is 0 Å². The Bertz CT molecular complexity index is 608. The van der Waals surface area contributed by atoms with Gasteiger partial charge in [-0.25, -0.2) is 9.59 Å². The first-order chi connectivity index (χ1) is 7.51. The molecule has 0 aromatic heterocycles. The maximum atomic E-state index is 11.4. The van der Waals surface area contributed by atoms with E-state index in [2.05, 4.69) is 9.39 Å². The molecule has 0 spiro atoms. The molecule has 6 nitrogen and oxygen atoms in total. The van der Waals surface area contributed by atoms with Crippen molar-refractivity contribution >= 4 is 27.9 Å². The van der Waals surface area contributed by atoms with E-state index in [9.17, 15) is 18.0 Å². The molecule has 0 heterocycles. The SMILES string of the molecule is Cc1ccc(N=C=O)cc1S(=O)(=O)N=C=O. The van der Waals surface area contributed by atoms with Crippen LogP contribution in [0.25, 0.3) is 0 Å². The van der Waals surface area contributed by atoms with Crippen molar-refractivity contribution in [1.29, 1.82) is 0 Å². The van der Waals surface area contributed by atoms with Crippen LogP contribution in [0.15, 0.2) is 32.5 Å². The Balaban J connectivity index is 3.49. The van der Waals surface area contributed by atoms with Gasteiger partial charge < -0.3 is 0 Å². The van der Waals surface area contributed by atoms with Gasteiger partial charge in [-0.05, 0) is 24.6 Å². The molecule has 0 amide bonds. The lowest BCUT2D eigenvalue weighted by molar-refractivity contribution is 0.563. The molecule has 0 radical (unpaired) electrons. The fourth-order valence-electron chi connectivity index (χ4n) is 1.09. The van der Waals surface area contributed by atoms with Crippen LogP contribution in [0.4, 0.5) is 5.69 Å². The highest BCUT2D eigenvalue weighted by atomic mass is 32.2. The van der Waals surface area contributed by atoms with E-state index < -0.39 is 10.0 Å². The molecule has 82 valence electrons. The number of isocyanates is 2. The monoisotopic (exact) mass is 238 g/mol. The lowest BCUT2D eigenvalue weighted by Crippen LogP contribution is -1.98. The summed E-state index contributed by atoms with van der Waals surface area (Å²) in [5, 5.41) is 0. The van der Waals surface area contributed by atoms with Gasteiger partial charge in [0.25, 0.3) is 16.1 Å². The normalized spacial score (nSPS) is 10.1. The first kappa shape index (κ1) is 12.0. The zero-order valence-corrected chi connectivity index (χ0v) is 8.98. The molecular formula is C9H6N2O4S. The average molecular weight is 238 g/mol. The number of hydrogen-bond donors (Lipinski definition) is 0. The Morgan fingerprint density at radius 3 is 2.44 bits per heavy atom. The molecule has 0 atom stereocenters. The van der Waals surface area contributed by atoms with Gasteiger partial charge in [-0.1, -0.05) is 10.5 Å². The predicted molar refractivity (Wildman–Crippen MR) is 54.3 cm³/mol. The second-order valence-electron chi connectivity index (χ2n) is 2.81. The van der Waals surface area contributed by atoms with Gasteiger partial charge in [0.15, 0.2) is 0 Å². The van der Waals surface area contributed by atoms with Gasteiger partial charge in [-0.15, -0.1) is 0 Å². The largest absolute Gasteiger partial charge is 0.292 e. The molecule has 0 bridgehead atoms. The number of sulfonamides is 1. The van der Waals surface area contributed by atoms with E-state index in [-0.39, 0.29) is 10.6 Å². The van der Waals surface area contributed by atoms with Crippen molar-refractivity contribution in [2.75, 3.05) is 0 Å². The predicted octanol–water partition coefficient (Wildman–Crippen LogP) is 0.987. The van der Waals surface area contributed by atoms with E-state index in [4.69, 9.17) is 0 Å². The summed E-state index contributed by atoms with van der Waals surface area (Å²) in [4.78, 5) is 23.1. The molecule has 0 N–H and O–H groups in total. The minimum Gasteiger partial charge on any atom is -0.211 e. The summed E-state index contributed by atoms with van der Waals surface area (Å²) in [6, 6.07) is 4.03. The maximum Gasteiger partial charge on any atom is 0.292 e. The zero-order valence-electron chi connectivity index (χ0n) is 8.17. The Kier molecular flexibility index (Phi) is 3.48. The molecule has 0 aliphatic heterocycles. The van der Waals surface area contributed by atoms with Crippen molar-refractivity contribution in [1.82, 2.24) is 0 Å². The van der Waals surface area contributed by atoms with Gasteiger partial charge in [0.1, 0.15) is 0 Å². The Morgan fingerprint density at radius 2 is 1.88 bits per heavy atom. The maximum absolute atomic E-state index is 11.4. The third kappa shape index (κ3) is 2.49. The number of benzene rings is 1. The molecule has 0 saturated carbocycles. The molecule has 1 rings (SSSR count). The summed E-state index contributed by atoms with van der Waals surface area (Å²) >= 11 is 0. The standard InChI is InChI=1S/C9H6N2O4S/c1-7-2-3-8(10-5-12)4-9(7)16(14,15)11-6-13/h2-4H,1H3. The molecular weight excluding hydrogens is 232 g/mol. The number of hydrogen-bond acceptors (Lipinski definition) is 5. The fraction of sp³-hybridized carbons (Fsp3) is 0.111. The molecule has 16 heavy (non-hydrogen) atoms. The van der Waals surface area contributed by atoms with Crippen molar-refractivity contribution in [2.24, 2.45) is 9.39 Å². The highest BCUT2D eigenvalue weighted by molar-refractivity contribution is 7.90. The van der Waals surface area contributed by atoms with Crippen LogP contribution in [0.2, 0.25) is 0 Å². The summed E-state index contributed by atoms with van der Waals surface area (Å²) in [5.41, 5.74) is 0.518. The van der Waals surface area contributed by atoms with E-state index in [0.29, 0.717) is 5.56 Å². The van der Waals surface area contributed by atoms with Gasteiger partial charge in [-0.2, -0.15) is 13.4 Å².